The number of carbonyl (C=O) groups excluding carboxylic acids is 1. The Labute approximate surface area is 118 Å². The minimum Gasteiger partial charge on any atom is -0.355 e. The lowest BCUT2D eigenvalue weighted by Gasteiger charge is -2.32. The first-order valence-corrected chi connectivity index (χ1v) is 7.45. The summed E-state index contributed by atoms with van der Waals surface area (Å²) >= 11 is 1.37. The summed E-state index contributed by atoms with van der Waals surface area (Å²) in [4.78, 5) is 18.4. The van der Waals surface area contributed by atoms with Crippen LogP contribution < -0.4 is 5.32 Å². The van der Waals surface area contributed by atoms with Gasteiger partial charge in [-0.15, -0.1) is 0 Å². The first-order valence-electron chi connectivity index (χ1n) is 6.68. The number of nitrogens with zero attached hydrogens (tertiary/aromatic N) is 3. The Morgan fingerprint density at radius 1 is 1.42 bits per heavy atom. The minimum atomic E-state index is -0.113. The number of carbonyl (C=O) groups is 1. The Kier molecular flexibility index (Phi) is 3.80. The average Bonchev–Trinajstić information content (AvgIpc) is 2.85. The van der Waals surface area contributed by atoms with Gasteiger partial charge in [-0.05, 0) is 20.8 Å². The van der Waals surface area contributed by atoms with E-state index in [9.17, 15) is 4.79 Å². The van der Waals surface area contributed by atoms with Crippen molar-refractivity contribution < 1.29 is 4.79 Å². The highest BCUT2D eigenvalue weighted by Gasteiger charge is 2.36. The van der Waals surface area contributed by atoms with E-state index in [-0.39, 0.29) is 17.5 Å². The summed E-state index contributed by atoms with van der Waals surface area (Å²) < 4.78 is 4.31. The molecule has 106 valence electrons. The van der Waals surface area contributed by atoms with E-state index < -0.39 is 0 Å². The molecule has 1 unspecified atom stereocenters. The van der Waals surface area contributed by atoms with Gasteiger partial charge in [0.15, 0.2) is 0 Å². The van der Waals surface area contributed by atoms with Gasteiger partial charge >= 0.3 is 0 Å². The molecule has 0 spiro atoms. The van der Waals surface area contributed by atoms with Gasteiger partial charge in [-0.1, -0.05) is 13.8 Å². The zero-order chi connectivity index (χ0) is 14.2. The molecule has 2 heterocycles. The Balaban J connectivity index is 1.99. The lowest BCUT2D eigenvalue weighted by atomic mass is 10.1. The van der Waals surface area contributed by atoms with E-state index in [1.165, 1.54) is 11.5 Å². The first-order chi connectivity index (χ1) is 8.77. The second-order valence-electron chi connectivity index (χ2n) is 6.33. The highest BCUT2D eigenvalue weighted by atomic mass is 32.1. The lowest BCUT2D eigenvalue weighted by molar-refractivity contribution is -0.131. The molecule has 1 aliphatic heterocycles. The largest absolute Gasteiger partial charge is 0.355 e. The number of rotatable bonds is 3. The maximum atomic E-state index is 12.0. The van der Waals surface area contributed by atoms with Crippen LogP contribution in [0.1, 0.15) is 52.8 Å². The van der Waals surface area contributed by atoms with Crippen molar-refractivity contribution in [3.8, 4) is 0 Å². The molecule has 1 aromatic rings. The molecule has 1 fully saturated rings. The van der Waals surface area contributed by atoms with Crippen LogP contribution in [0.15, 0.2) is 0 Å². The lowest BCUT2D eigenvalue weighted by Crippen LogP contribution is -2.43. The minimum absolute atomic E-state index is 0.113. The topological polar surface area (TPSA) is 58.1 Å². The van der Waals surface area contributed by atoms with Crippen LogP contribution in [0.4, 0.5) is 5.13 Å². The zero-order valence-corrected chi connectivity index (χ0v) is 13.0. The van der Waals surface area contributed by atoms with Crippen LogP contribution in [0.5, 0.6) is 0 Å². The van der Waals surface area contributed by atoms with E-state index in [0.29, 0.717) is 12.3 Å². The number of aromatic nitrogens is 2. The van der Waals surface area contributed by atoms with Gasteiger partial charge in [0.1, 0.15) is 5.82 Å². The van der Waals surface area contributed by atoms with E-state index in [1.54, 1.807) is 0 Å². The molecule has 6 heteroatoms. The van der Waals surface area contributed by atoms with Crippen molar-refractivity contribution in [2.24, 2.45) is 0 Å². The molecule has 1 atom stereocenters. The van der Waals surface area contributed by atoms with Gasteiger partial charge in [-0.25, -0.2) is 4.98 Å². The van der Waals surface area contributed by atoms with Crippen LogP contribution in [-0.4, -0.2) is 38.3 Å². The molecule has 1 saturated heterocycles. The molecule has 1 aromatic heterocycles. The average molecular weight is 282 g/mol. The molecular formula is C13H22N4OS. The second kappa shape index (κ2) is 5.07. The Morgan fingerprint density at radius 3 is 2.58 bits per heavy atom. The van der Waals surface area contributed by atoms with E-state index >= 15 is 0 Å². The van der Waals surface area contributed by atoms with Crippen LogP contribution in [0.2, 0.25) is 0 Å². The molecule has 0 saturated carbocycles. The van der Waals surface area contributed by atoms with Crippen molar-refractivity contribution in [2.75, 3.05) is 11.9 Å². The van der Waals surface area contributed by atoms with Crippen LogP contribution in [0.3, 0.4) is 0 Å². The van der Waals surface area contributed by atoms with Gasteiger partial charge in [0.2, 0.25) is 11.0 Å². The number of nitrogens with one attached hydrogen (secondary N) is 1. The van der Waals surface area contributed by atoms with Crippen molar-refractivity contribution in [1.29, 1.82) is 0 Å². The summed E-state index contributed by atoms with van der Waals surface area (Å²) in [6.07, 6.45) is 0.536. The summed E-state index contributed by atoms with van der Waals surface area (Å²) in [6, 6.07) is 0.139. The fourth-order valence-corrected chi connectivity index (χ4v) is 2.94. The fourth-order valence-electron chi connectivity index (χ4n) is 2.15. The molecule has 0 radical (unpaired) electrons. The SMILES string of the molecule is CC(C)c1nsc(NC2CC(=O)N(C(C)(C)C)C2)n1. The van der Waals surface area contributed by atoms with Gasteiger partial charge in [0.05, 0.1) is 6.04 Å². The van der Waals surface area contributed by atoms with Crippen molar-refractivity contribution in [2.45, 2.75) is 58.5 Å². The third-order valence-corrected chi connectivity index (χ3v) is 3.88. The molecule has 2 rings (SSSR count). The maximum absolute atomic E-state index is 12.0. The van der Waals surface area contributed by atoms with Gasteiger partial charge < -0.3 is 10.2 Å². The Hall–Kier alpha value is -1.17. The van der Waals surface area contributed by atoms with E-state index in [4.69, 9.17) is 0 Å². The molecule has 0 aromatic carbocycles. The molecule has 0 aliphatic carbocycles. The maximum Gasteiger partial charge on any atom is 0.225 e. The van der Waals surface area contributed by atoms with Crippen molar-refractivity contribution in [3.63, 3.8) is 0 Å². The van der Waals surface area contributed by atoms with Crippen LogP contribution >= 0.6 is 11.5 Å². The summed E-state index contributed by atoms with van der Waals surface area (Å²) in [5.41, 5.74) is -0.113. The first kappa shape index (κ1) is 14.2. The molecular weight excluding hydrogens is 260 g/mol. The number of likely N-dealkylation sites (tertiary alicyclic amines) is 1. The van der Waals surface area contributed by atoms with Crippen LogP contribution in [0.25, 0.3) is 0 Å². The molecule has 1 aliphatic rings. The number of hydrogen-bond acceptors (Lipinski definition) is 5. The highest BCUT2D eigenvalue weighted by molar-refractivity contribution is 7.09. The smallest absolute Gasteiger partial charge is 0.225 e. The van der Waals surface area contributed by atoms with Gasteiger partial charge in [0, 0.05) is 36.0 Å². The fraction of sp³-hybridized carbons (Fsp3) is 0.769. The summed E-state index contributed by atoms with van der Waals surface area (Å²) in [6.45, 7) is 11.1. The van der Waals surface area contributed by atoms with E-state index in [1.807, 2.05) is 4.90 Å². The molecule has 1 amide bonds. The number of hydrogen-bond donors (Lipinski definition) is 1. The molecule has 0 bridgehead atoms. The quantitative estimate of drug-likeness (QED) is 0.925. The van der Waals surface area contributed by atoms with Crippen molar-refractivity contribution >= 4 is 22.6 Å². The standard InChI is InChI=1S/C13H22N4OS/c1-8(2)11-15-12(19-16-11)14-9-6-10(18)17(7-9)13(3,4)5/h8-9H,6-7H2,1-5H3,(H,14,15,16). The highest BCUT2D eigenvalue weighted by Crippen LogP contribution is 2.25. The van der Waals surface area contributed by atoms with Gasteiger partial charge in [-0.2, -0.15) is 4.37 Å². The molecule has 5 nitrogen and oxygen atoms in total. The van der Waals surface area contributed by atoms with Gasteiger partial charge in [0.25, 0.3) is 0 Å². The predicted molar refractivity (Wildman–Crippen MR) is 77.5 cm³/mol. The van der Waals surface area contributed by atoms with E-state index in [0.717, 1.165) is 17.5 Å². The molecule has 19 heavy (non-hydrogen) atoms. The normalized spacial score (nSPS) is 20.4. The monoisotopic (exact) mass is 282 g/mol. The number of amides is 1. The predicted octanol–water partition coefficient (Wildman–Crippen LogP) is 2.47. The third-order valence-electron chi connectivity index (χ3n) is 3.22. The van der Waals surface area contributed by atoms with E-state index in [2.05, 4.69) is 49.3 Å². The molecule has 1 N–H and O–H groups in total. The van der Waals surface area contributed by atoms with Crippen molar-refractivity contribution in [1.82, 2.24) is 14.3 Å². The summed E-state index contributed by atoms with van der Waals surface area (Å²) in [7, 11) is 0. The third kappa shape index (κ3) is 3.23. The zero-order valence-electron chi connectivity index (χ0n) is 12.2. The second-order valence-corrected chi connectivity index (χ2v) is 7.08. The summed E-state index contributed by atoms with van der Waals surface area (Å²) in [5.74, 6) is 1.41. The van der Waals surface area contributed by atoms with Crippen molar-refractivity contribution in [3.05, 3.63) is 5.82 Å². The number of anilines is 1. The van der Waals surface area contributed by atoms with Crippen LogP contribution in [0, 0.1) is 0 Å². The summed E-state index contributed by atoms with van der Waals surface area (Å²) in [5, 5.41) is 4.15. The Bertz CT molecular complexity index is 463. The van der Waals surface area contributed by atoms with Gasteiger partial charge in [-0.3, -0.25) is 4.79 Å². The Morgan fingerprint density at radius 2 is 2.11 bits per heavy atom. The van der Waals surface area contributed by atoms with Crippen LogP contribution in [-0.2, 0) is 4.79 Å².